The summed E-state index contributed by atoms with van der Waals surface area (Å²) in [7, 11) is 0. The van der Waals surface area contributed by atoms with Gasteiger partial charge in [-0.2, -0.15) is 0 Å². The van der Waals surface area contributed by atoms with Crippen LogP contribution < -0.4 is 0 Å². The molecule has 0 fully saturated rings. The van der Waals surface area contributed by atoms with Crippen LogP contribution in [0.4, 0.5) is 0 Å². The van der Waals surface area contributed by atoms with E-state index in [2.05, 4.69) is 55.8 Å². The molecule has 10 heavy (non-hydrogen) atoms. The van der Waals surface area contributed by atoms with Crippen molar-refractivity contribution in [3.8, 4) is 0 Å². The highest BCUT2D eigenvalue weighted by atomic mass is 79.9. The Hall–Kier alpha value is 0.220. The largest absolute Gasteiger partial charge is 0.0922 e. The maximum absolute atomic E-state index is 3.43. The van der Waals surface area contributed by atoms with Gasteiger partial charge in [-0.15, -0.1) is 0 Å². The molecule has 0 saturated heterocycles. The summed E-state index contributed by atoms with van der Waals surface area (Å²) >= 11 is 3.43. The average Bonchev–Trinajstić information content (AvgIpc) is 1.81. The monoisotopic (exact) mass is 204 g/mol. The first-order chi connectivity index (χ1) is 4.45. The highest BCUT2D eigenvalue weighted by molar-refractivity contribution is 9.09. The van der Waals surface area contributed by atoms with E-state index in [-0.39, 0.29) is 0 Å². The van der Waals surface area contributed by atoms with Gasteiger partial charge in [0.05, 0.1) is 0 Å². The predicted octanol–water partition coefficient (Wildman–Crippen LogP) is 3.62. The SMILES string of the molecule is C[C@@H](/C=C/C(C)(C)C)CBr. The molecule has 0 aromatic heterocycles. The minimum Gasteiger partial charge on any atom is -0.0922 e. The van der Waals surface area contributed by atoms with Gasteiger partial charge in [-0.3, -0.25) is 0 Å². The van der Waals surface area contributed by atoms with Crippen LogP contribution in [0.3, 0.4) is 0 Å². The molecule has 1 atom stereocenters. The molecule has 0 spiro atoms. The van der Waals surface area contributed by atoms with Gasteiger partial charge in [0.1, 0.15) is 0 Å². The van der Waals surface area contributed by atoms with Gasteiger partial charge in [0.15, 0.2) is 0 Å². The van der Waals surface area contributed by atoms with Gasteiger partial charge < -0.3 is 0 Å². The Balaban J connectivity index is 3.75. The van der Waals surface area contributed by atoms with E-state index < -0.39 is 0 Å². The number of halogens is 1. The lowest BCUT2D eigenvalue weighted by atomic mass is 9.95. The van der Waals surface area contributed by atoms with Crippen LogP contribution in [0.5, 0.6) is 0 Å². The molecule has 0 N–H and O–H groups in total. The normalized spacial score (nSPS) is 16.1. The van der Waals surface area contributed by atoms with Gasteiger partial charge in [0.2, 0.25) is 0 Å². The Bertz CT molecular complexity index is 108. The molecule has 0 radical (unpaired) electrons. The minimum absolute atomic E-state index is 0.330. The Labute approximate surface area is 72.8 Å². The molecule has 0 amide bonds. The number of rotatable bonds is 2. The van der Waals surface area contributed by atoms with Gasteiger partial charge in [-0.25, -0.2) is 0 Å². The molecule has 0 rings (SSSR count). The summed E-state index contributed by atoms with van der Waals surface area (Å²) in [4.78, 5) is 0. The molecule has 0 aromatic carbocycles. The quantitative estimate of drug-likeness (QED) is 0.477. The number of hydrogen-bond acceptors (Lipinski definition) is 0. The maximum Gasteiger partial charge on any atom is 0.00916 e. The lowest BCUT2D eigenvalue weighted by Crippen LogP contribution is -2.00. The first kappa shape index (κ1) is 10.2. The third kappa shape index (κ3) is 6.34. The second-order valence-corrected chi connectivity index (χ2v) is 4.50. The number of allylic oxidation sites excluding steroid dienone is 2. The second-order valence-electron chi connectivity index (χ2n) is 3.86. The van der Waals surface area contributed by atoms with Crippen molar-refractivity contribution in [1.82, 2.24) is 0 Å². The summed E-state index contributed by atoms with van der Waals surface area (Å²) in [6.07, 6.45) is 4.52. The molecular weight excluding hydrogens is 188 g/mol. The van der Waals surface area contributed by atoms with Gasteiger partial charge in [-0.05, 0) is 11.3 Å². The van der Waals surface area contributed by atoms with E-state index in [1.807, 2.05) is 0 Å². The van der Waals surface area contributed by atoms with Crippen LogP contribution in [-0.2, 0) is 0 Å². The summed E-state index contributed by atoms with van der Waals surface area (Å²) in [5, 5.41) is 1.06. The van der Waals surface area contributed by atoms with E-state index >= 15 is 0 Å². The van der Waals surface area contributed by atoms with Crippen LogP contribution in [0.2, 0.25) is 0 Å². The zero-order valence-corrected chi connectivity index (χ0v) is 8.90. The second kappa shape index (κ2) is 4.17. The fourth-order valence-electron chi connectivity index (χ4n) is 0.504. The molecule has 0 heterocycles. The Morgan fingerprint density at radius 1 is 1.40 bits per heavy atom. The highest BCUT2D eigenvalue weighted by Gasteiger charge is 2.04. The van der Waals surface area contributed by atoms with Crippen LogP contribution in [0.15, 0.2) is 12.2 Å². The van der Waals surface area contributed by atoms with Crippen molar-refractivity contribution in [2.24, 2.45) is 11.3 Å². The minimum atomic E-state index is 0.330. The Morgan fingerprint density at radius 3 is 2.20 bits per heavy atom. The number of hydrogen-bond donors (Lipinski definition) is 0. The predicted molar refractivity (Wildman–Crippen MR) is 51.6 cm³/mol. The summed E-state index contributed by atoms with van der Waals surface area (Å²) < 4.78 is 0. The summed E-state index contributed by atoms with van der Waals surface area (Å²) in [6, 6.07) is 0. The van der Waals surface area contributed by atoms with E-state index in [0.29, 0.717) is 11.3 Å². The zero-order chi connectivity index (χ0) is 8.20. The summed E-state index contributed by atoms with van der Waals surface area (Å²) in [5.74, 6) is 0.652. The van der Waals surface area contributed by atoms with Gasteiger partial charge in [0.25, 0.3) is 0 Å². The molecule has 0 bridgehead atoms. The smallest absolute Gasteiger partial charge is 0.00916 e. The third-order valence-corrected chi connectivity index (χ3v) is 2.19. The summed E-state index contributed by atoms with van der Waals surface area (Å²) in [6.45, 7) is 8.84. The van der Waals surface area contributed by atoms with E-state index in [1.54, 1.807) is 0 Å². The number of alkyl halides is 1. The molecule has 0 nitrogen and oxygen atoms in total. The van der Waals surface area contributed by atoms with E-state index in [4.69, 9.17) is 0 Å². The molecular formula is C9H17Br. The van der Waals surface area contributed by atoms with E-state index in [1.165, 1.54) is 0 Å². The fourth-order valence-corrected chi connectivity index (χ4v) is 0.720. The van der Waals surface area contributed by atoms with Crippen molar-refractivity contribution >= 4 is 15.9 Å². The first-order valence-electron chi connectivity index (χ1n) is 3.71. The van der Waals surface area contributed by atoms with Gasteiger partial charge >= 0.3 is 0 Å². The van der Waals surface area contributed by atoms with Crippen LogP contribution >= 0.6 is 15.9 Å². The van der Waals surface area contributed by atoms with Crippen LogP contribution in [0, 0.1) is 11.3 Å². The molecule has 0 aliphatic rings. The van der Waals surface area contributed by atoms with E-state index in [0.717, 1.165) is 5.33 Å². The molecule has 0 aliphatic heterocycles. The van der Waals surface area contributed by atoms with Crippen molar-refractivity contribution in [3.63, 3.8) is 0 Å². The van der Waals surface area contributed by atoms with E-state index in [9.17, 15) is 0 Å². The van der Waals surface area contributed by atoms with Crippen molar-refractivity contribution in [1.29, 1.82) is 0 Å². The highest BCUT2D eigenvalue weighted by Crippen LogP contribution is 2.16. The standard InChI is InChI=1S/C9H17Br/c1-8(7-10)5-6-9(2,3)4/h5-6,8H,7H2,1-4H3/b6-5+/t8-/m0/s1. The first-order valence-corrected chi connectivity index (χ1v) is 4.83. The Kier molecular flexibility index (Phi) is 4.26. The fraction of sp³-hybridized carbons (Fsp3) is 0.778. The van der Waals surface area contributed by atoms with Crippen molar-refractivity contribution in [2.45, 2.75) is 27.7 Å². The molecule has 0 unspecified atom stereocenters. The molecule has 60 valence electrons. The zero-order valence-electron chi connectivity index (χ0n) is 7.32. The molecule has 0 saturated carbocycles. The van der Waals surface area contributed by atoms with Gasteiger partial charge in [-0.1, -0.05) is 55.8 Å². The van der Waals surface area contributed by atoms with Gasteiger partial charge in [0, 0.05) is 5.33 Å². The molecule has 0 aromatic rings. The molecule has 1 heteroatoms. The lowest BCUT2D eigenvalue weighted by molar-refractivity contribution is 0.539. The maximum atomic E-state index is 3.43. The van der Waals surface area contributed by atoms with Crippen LogP contribution in [0.25, 0.3) is 0 Å². The Morgan fingerprint density at radius 2 is 1.90 bits per heavy atom. The topological polar surface area (TPSA) is 0 Å². The van der Waals surface area contributed by atoms with Crippen LogP contribution in [0.1, 0.15) is 27.7 Å². The third-order valence-electron chi connectivity index (χ3n) is 1.17. The van der Waals surface area contributed by atoms with Crippen LogP contribution in [-0.4, -0.2) is 5.33 Å². The summed E-state index contributed by atoms with van der Waals surface area (Å²) in [5.41, 5.74) is 0.330. The lowest BCUT2D eigenvalue weighted by Gasteiger charge is -2.12. The van der Waals surface area contributed by atoms with Crippen molar-refractivity contribution in [2.75, 3.05) is 5.33 Å². The average molecular weight is 205 g/mol. The van der Waals surface area contributed by atoms with Crippen molar-refractivity contribution in [3.05, 3.63) is 12.2 Å². The van der Waals surface area contributed by atoms with Crippen molar-refractivity contribution < 1.29 is 0 Å². The molecule has 0 aliphatic carbocycles.